The minimum Gasteiger partial charge on any atom is -0.481 e. The van der Waals surface area contributed by atoms with Gasteiger partial charge in [-0.1, -0.05) is 28.9 Å². The van der Waals surface area contributed by atoms with Gasteiger partial charge in [-0.3, -0.25) is 9.69 Å². The van der Waals surface area contributed by atoms with Crippen molar-refractivity contribution in [3.8, 4) is 0 Å². The first-order chi connectivity index (χ1) is 8.02. The molecule has 1 aromatic rings. The topological polar surface area (TPSA) is 40.5 Å². The average molecular weight is 304 g/mol. The molecule has 1 N–H and O–H groups in total. The minimum atomic E-state index is -0.834. The summed E-state index contributed by atoms with van der Waals surface area (Å²) in [5, 5.41) is 8.61. The zero-order valence-electron chi connectivity index (χ0n) is 9.62. The molecule has 1 aromatic carbocycles. The van der Waals surface area contributed by atoms with Crippen LogP contribution in [-0.4, -0.2) is 29.1 Å². The number of hydrogen-bond acceptors (Lipinski definition) is 2. The smallest absolute Gasteiger partial charge is 0.304 e. The van der Waals surface area contributed by atoms with Crippen LogP contribution in [0.2, 0.25) is 0 Å². The standard InChI is InChI=1S/C12H15BrFNO2/c1-2-15(6-5-12(16)17)8-9-3-4-10(13)7-11(9)14/h3-4,7H,2,5-6,8H2,1H3,(H,16,17). The maximum Gasteiger partial charge on any atom is 0.304 e. The third-order valence-corrected chi connectivity index (χ3v) is 2.99. The lowest BCUT2D eigenvalue weighted by Crippen LogP contribution is -2.26. The largest absolute Gasteiger partial charge is 0.481 e. The summed E-state index contributed by atoms with van der Waals surface area (Å²) in [4.78, 5) is 12.4. The van der Waals surface area contributed by atoms with Crippen molar-refractivity contribution in [3.63, 3.8) is 0 Å². The van der Waals surface area contributed by atoms with Crippen LogP contribution in [-0.2, 0) is 11.3 Å². The lowest BCUT2D eigenvalue weighted by atomic mass is 10.2. The minimum absolute atomic E-state index is 0.0754. The van der Waals surface area contributed by atoms with E-state index in [2.05, 4.69) is 15.9 Å². The fourth-order valence-electron chi connectivity index (χ4n) is 1.49. The normalized spacial score (nSPS) is 10.8. The Hall–Kier alpha value is -0.940. The van der Waals surface area contributed by atoms with Crippen LogP contribution in [0.5, 0.6) is 0 Å². The molecule has 3 nitrogen and oxygen atoms in total. The summed E-state index contributed by atoms with van der Waals surface area (Å²) in [6.45, 7) is 3.49. The molecule has 0 fully saturated rings. The van der Waals surface area contributed by atoms with Crippen LogP contribution < -0.4 is 0 Å². The number of carboxylic acids is 1. The summed E-state index contributed by atoms with van der Waals surface area (Å²) in [5.74, 6) is -1.10. The van der Waals surface area contributed by atoms with Gasteiger partial charge in [-0.2, -0.15) is 0 Å². The fraction of sp³-hybridized carbons (Fsp3) is 0.417. The molecular weight excluding hydrogens is 289 g/mol. The van der Waals surface area contributed by atoms with Crippen LogP contribution in [0.15, 0.2) is 22.7 Å². The second kappa shape index (κ2) is 6.71. The molecule has 1 rings (SSSR count). The van der Waals surface area contributed by atoms with Crippen LogP contribution >= 0.6 is 15.9 Å². The van der Waals surface area contributed by atoms with Crippen molar-refractivity contribution in [2.45, 2.75) is 19.9 Å². The van der Waals surface area contributed by atoms with Gasteiger partial charge in [-0.05, 0) is 18.7 Å². The molecule has 0 aliphatic rings. The summed E-state index contributed by atoms with van der Waals surface area (Å²) in [5.41, 5.74) is 0.584. The highest BCUT2D eigenvalue weighted by molar-refractivity contribution is 9.10. The summed E-state index contributed by atoms with van der Waals surface area (Å²) in [6.07, 6.45) is 0.0754. The fourth-order valence-corrected chi connectivity index (χ4v) is 1.83. The first-order valence-electron chi connectivity index (χ1n) is 5.41. The van der Waals surface area contributed by atoms with Crippen LogP contribution in [0.25, 0.3) is 0 Å². The summed E-state index contributed by atoms with van der Waals surface area (Å²) in [7, 11) is 0. The zero-order valence-corrected chi connectivity index (χ0v) is 11.2. The molecule has 0 radical (unpaired) electrons. The molecule has 5 heteroatoms. The van der Waals surface area contributed by atoms with E-state index in [9.17, 15) is 9.18 Å². The number of rotatable bonds is 6. The predicted molar refractivity (Wildman–Crippen MR) is 67.3 cm³/mol. The number of benzene rings is 1. The predicted octanol–water partition coefficient (Wildman–Crippen LogP) is 2.88. The highest BCUT2D eigenvalue weighted by Crippen LogP contribution is 2.16. The van der Waals surface area contributed by atoms with Crippen LogP contribution in [0, 0.1) is 5.82 Å². The molecule has 0 aromatic heterocycles. The molecule has 0 aliphatic carbocycles. The van der Waals surface area contributed by atoms with Crippen LogP contribution in [0.1, 0.15) is 18.9 Å². The molecule has 0 aliphatic heterocycles. The Balaban J connectivity index is 2.63. The third-order valence-electron chi connectivity index (χ3n) is 2.50. The maximum absolute atomic E-state index is 13.6. The molecule has 0 heterocycles. The molecule has 0 amide bonds. The van der Waals surface area contributed by atoms with E-state index < -0.39 is 5.97 Å². The van der Waals surface area contributed by atoms with Crippen LogP contribution in [0.3, 0.4) is 0 Å². The number of hydrogen-bond donors (Lipinski definition) is 1. The van der Waals surface area contributed by atoms with E-state index in [0.717, 1.165) is 0 Å². The highest BCUT2D eigenvalue weighted by Gasteiger charge is 2.09. The van der Waals surface area contributed by atoms with Gasteiger partial charge in [0.1, 0.15) is 5.82 Å². The van der Waals surface area contributed by atoms with Gasteiger partial charge in [0.2, 0.25) is 0 Å². The summed E-state index contributed by atoms with van der Waals surface area (Å²) < 4.78 is 14.3. The Labute approximate surface area is 108 Å². The van der Waals surface area contributed by atoms with Crippen molar-refractivity contribution in [2.75, 3.05) is 13.1 Å². The molecule has 0 saturated heterocycles. The Bertz CT molecular complexity index is 398. The van der Waals surface area contributed by atoms with E-state index >= 15 is 0 Å². The number of nitrogens with zero attached hydrogens (tertiary/aromatic N) is 1. The number of halogens is 2. The van der Waals surface area contributed by atoms with E-state index in [1.54, 1.807) is 12.1 Å². The van der Waals surface area contributed by atoms with E-state index in [0.29, 0.717) is 29.7 Å². The molecule has 94 valence electrons. The summed E-state index contributed by atoms with van der Waals surface area (Å²) in [6, 6.07) is 4.91. The molecule has 0 atom stereocenters. The van der Waals surface area contributed by atoms with E-state index in [4.69, 9.17) is 5.11 Å². The van der Waals surface area contributed by atoms with Crippen molar-refractivity contribution in [1.82, 2.24) is 4.90 Å². The molecule has 17 heavy (non-hydrogen) atoms. The van der Waals surface area contributed by atoms with Crippen molar-refractivity contribution in [1.29, 1.82) is 0 Å². The molecule has 0 bridgehead atoms. The Kier molecular flexibility index (Phi) is 5.58. The van der Waals surface area contributed by atoms with E-state index in [1.165, 1.54) is 6.07 Å². The highest BCUT2D eigenvalue weighted by atomic mass is 79.9. The maximum atomic E-state index is 13.6. The quantitative estimate of drug-likeness (QED) is 0.878. The molecule has 0 unspecified atom stereocenters. The van der Waals surface area contributed by atoms with Gasteiger partial charge in [-0.15, -0.1) is 0 Å². The molecule has 0 spiro atoms. The Morgan fingerprint density at radius 2 is 2.24 bits per heavy atom. The SMILES string of the molecule is CCN(CCC(=O)O)Cc1ccc(Br)cc1F. The van der Waals surface area contributed by atoms with Gasteiger partial charge in [0, 0.05) is 23.1 Å². The third kappa shape index (κ3) is 4.83. The van der Waals surface area contributed by atoms with Crippen molar-refractivity contribution in [2.24, 2.45) is 0 Å². The first-order valence-corrected chi connectivity index (χ1v) is 6.20. The number of aliphatic carboxylic acids is 1. The lowest BCUT2D eigenvalue weighted by Gasteiger charge is -2.19. The first kappa shape index (κ1) is 14.1. The van der Waals surface area contributed by atoms with E-state index in [-0.39, 0.29) is 12.2 Å². The van der Waals surface area contributed by atoms with Crippen molar-refractivity contribution < 1.29 is 14.3 Å². The molecule has 0 saturated carbocycles. The second-order valence-corrected chi connectivity index (χ2v) is 4.66. The summed E-state index contributed by atoms with van der Waals surface area (Å²) >= 11 is 3.20. The lowest BCUT2D eigenvalue weighted by molar-refractivity contribution is -0.137. The Morgan fingerprint density at radius 3 is 2.76 bits per heavy atom. The van der Waals surface area contributed by atoms with Gasteiger partial charge in [-0.25, -0.2) is 4.39 Å². The molecular formula is C12H15BrFNO2. The van der Waals surface area contributed by atoms with Gasteiger partial charge < -0.3 is 5.11 Å². The zero-order chi connectivity index (χ0) is 12.8. The van der Waals surface area contributed by atoms with Gasteiger partial charge in [0.05, 0.1) is 6.42 Å². The Morgan fingerprint density at radius 1 is 1.53 bits per heavy atom. The van der Waals surface area contributed by atoms with Crippen LogP contribution in [0.4, 0.5) is 4.39 Å². The monoisotopic (exact) mass is 303 g/mol. The number of carboxylic acid groups (broad SMARTS) is 1. The average Bonchev–Trinajstić information content (AvgIpc) is 2.26. The van der Waals surface area contributed by atoms with E-state index in [1.807, 2.05) is 11.8 Å². The van der Waals surface area contributed by atoms with Gasteiger partial charge in [0.15, 0.2) is 0 Å². The van der Waals surface area contributed by atoms with Crippen molar-refractivity contribution >= 4 is 21.9 Å². The van der Waals surface area contributed by atoms with Gasteiger partial charge >= 0.3 is 5.97 Å². The van der Waals surface area contributed by atoms with Crippen molar-refractivity contribution in [3.05, 3.63) is 34.1 Å². The number of carbonyl (C=O) groups is 1. The van der Waals surface area contributed by atoms with Gasteiger partial charge in [0.25, 0.3) is 0 Å². The second-order valence-electron chi connectivity index (χ2n) is 3.75.